The molecule has 0 spiro atoms. The van der Waals surface area contributed by atoms with Crippen LogP contribution in [0.4, 0.5) is 22.9 Å². The van der Waals surface area contributed by atoms with E-state index >= 15 is 0 Å². The Kier molecular flexibility index (Phi) is 3.24. The zero-order valence-corrected chi connectivity index (χ0v) is 9.76. The van der Waals surface area contributed by atoms with E-state index in [4.69, 9.17) is 17.3 Å². The van der Waals surface area contributed by atoms with Gasteiger partial charge in [0.25, 0.3) is 5.69 Å². The van der Waals surface area contributed by atoms with Crippen LogP contribution in [-0.4, -0.2) is 14.9 Å². The van der Waals surface area contributed by atoms with Gasteiger partial charge in [0.1, 0.15) is 12.0 Å². The lowest BCUT2D eigenvalue weighted by molar-refractivity contribution is -0.384. The van der Waals surface area contributed by atoms with E-state index in [0.717, 1.165) is 0 Å². The quantitative estimate of drug-likeness (QED) is 0.501. The molecule has 3 N–H and O–H groups in total. The summed E-state index contributed by atoms with van der Waals surface area (Å²) in [4.78, 5) is 17.8. The van der Waals surface area contributed by atoms with E-state index < -0.39 is 4.92 Å². The predicted octanol–water partition coefficient (Wildman–Crippen LogP) is 2.36. The summed E-state index contributed by atoms with van der Waals surface area (Å²) in [5, 5.41) is 13.6. The van der Waals surface area contributed by atoms with Crippen LogP contribution in [0.1, 0.15) is 0 Å². The summed E-state index contributed by atoms with van der Waals surface area (Å²) < 4.78 is 0. The highest BCUT2D eigenvalue weighted by Gasteiger charge is 2.09. The van der Waals surface area contributed by atoms with Crippen LogP contribution in [0, 0.1) is 10.1 Å². The number of non-ortho nitro benzene ring substituents is 1. The topological polar surface area (TPSA) is 107 Å². The van der Waals surface area contributed by atoms with Crippen molar-refractivity contribution in [3.8, 4) is 0 Å². The fourth-order valence-corrected chi connectivity index (χ4v) is 1.44. The minimum atomic E-state index is -0.485. The summed E-state index contributed by atoms with van der Waals surface area (Å²) >= 11 is 5.74. The van der Waals surface area contributed by atoms with Gasteiger partial charge in [-0.15, -0.1) is 0 Å². The molecule has 0 aliphatic heterocycles. The minimum absolute atomic E-state index is 0.0290. The van der Waals surface area contributed by atoms with Crippen molar-refractivity contribution in [1.29, 1.82) is 0 Å². The second-order valence-corrected chi connectivity index (χ2v) is 3.72. The van der Waals surface area contributed by atoms with Gasteiger partial charge in [-0.25, -0.2) is 9.97 Å². The number of nitrogens with zero attached hydrogens (tertiary/aromatic N) is 3. The van der Waals surface area contributed by atoms with E-state index in [0.29, 0.717) is 11.5 Å². The molecule has 0 radical (unpaired) electrons. The van der Waals surface area contributed by atoms with E-state index in [-0.39, 0.29) is 16.5 Å². The van der Waals surface area contributed by atoms with Crippen LogP contribution < -0.4 is 11.1 Å². The first-order valence-corrected chi connectivity index (χ1v) is 5.23. The average Bonchev–Trinajstić information content (AvgIpc) is 2.35. The zero-order chi connectivity index (χ0) is 13.1. The number of hydrogen-bond acceptors (Lipinski definition) is 6. The summed E-state index contributed by atoms with van der Waals surface area (Å²) in [7, 11) is 0. The molecule has 0 aliphatic carbocycles. The Morgan fingerprint density at radius 3 is 2.89 bits per heavy atom. The van der Waals surface area contributed by atoms with Gasteiger partial charge in [0, 0.05) is 17.8 Å². The molecule has 0 atom stereocenters. The highest BCUT2D eigenvalue weighted by Crippen LogP contribution is 2.26. The van der Waals surface area contributed by atoms with Crippen molar-refractivity contribution in [2.45, 2.75) is 0 Å². The Bertz CT molecular complexity index is 605. The molecule has 0 fully saturated rings. The van der Waals surface area contributed by atoms with Crippen LogP contribution in [0.2, 0.25) is 5.15 Å². The van der Waals surface area contributed by atoms with Gasteiger partial charge in [-0.2, -0.15) is 0 Å². The number of nitro groups is 1. The SMILES string of the molecule is Nc1c(Cl)ncnc1Nc1cccc([N+](=O)[O-])c1. The van der Waals surface area contributed by atoms with Crippen molar-refractivity contribution in [2.24, 2.45) is 0 Å². The molecule has 0 saturated heterocycles. The van der Waals surface area contributed by atoms with Gasteiger partial charge < -0.3 is 11.1 Å². The molecular formula is C10H8ClN5O2. The van der Waals surface area contributed by atoms with Gasteiger partial charge in [-0.3, -0.25) is 10.1 Å². The van der Waals surface area contributed by atoms with Crippen LogP contribution in [0.25, 0.3) is 0 Å². The van der Waals surface area contributed by atoms with Crippen molar-refractivity contribution in [1.82, 2.24) is 9.97 Å². The van der Waals surface area contributed by atoms with Crippen LogP contribution in [0.15, 0.2) is 30.6 Å². The van der Waals surface area contributed by atoms with Gasteiger partial charge >= 0.3 is 0 Å². The maximum atomic E-state index is 10.6. The molecule has 1 heterocycles. The number of nitrogens with one attached hydrogen (secondary N) is 1. The van der Waals surface area contributed by atoms with E-state index in [2.05, 4.69) is 15.3 Å². The highest BCUT2D eigenvalue weighted by molar-refractivity contribution is 6.32. The van der Waals surface area contributed by atoms with Crippen LogP contribution in [0.5, 0.6) is 0 Å². The number of rotatable bonds is 3. The number of halogens is 1. The Morgan fingerprint density at radius 2 is 2.17 bits per heavy atom. The van der Waals surface area contributed by atoms with Crippen LogP contribution in [0.3, 0.4) is 0 Å². The predicted molar refractivity (Wildman–Crippen MR) is 67.8 cm³/mol. The van der Waals surface area contributed by atoms with Crippen molar-refractivity contribution in [3.05, 3.63) is 45.9 Å². The molecule has 0 aliphatic rings. The third kappa shape index (κ3) is 2.46. The van der Waals surface area contributed by atoms with Crippen molar-refractivity contribution < 1.29 is 4.92 Å². The summed E-state index contributed by atoms with van der Waals surface area (Å²) in [6.07, 6.45) is 1.25. The van der Waals surface area contributed by atoms with Crippen LogP contribution >= 0.6 is 11.6 Å². The first-order chi connectivity index (χ1) is 8.58. The van der Waals surface area contributed by atoms with E-state index in [9.17, 15) is 10.1 Å². The second-order valence-electron chi connectivity index (χ2n) is 3.36. The van der Waals surface area contributed by atoms with E-state index in [1.807, 2.05) is 0 Å². The minimum Gasteiger partial charge on any atom is -0.393 e. The molecule has 0 bridgehead atoms. The average molecular weight is 266 g/mol. The van der Waals surface area contributed by atoms with Gasteiger partial charge in [-0.1, -0.05) is 17.7 Å². The van der Waals surface area contributed by atoms with Gasteiger partial charge in [0.05, 0.1) is 4.92 Å². The Hall–Kier alpha value is -2.41. The van der Waals surface area contributed by atoms with Crippen molar-refractivity contribution in [2.75, 3.05) is 11.1 Å². The fraction of sp³-hybridized carbons (Fsp3) is 0. The lowest BCUT2D eigenvalue weighted by atomic mass is 10.3. The second kappa shape index (κ2) is 4.84. The standard InChI is InChI=1S/C10H8ClN5O2/c11-9-8(12)10(14-5-13-9)15-6-2-1-3-7(4-6)16(17)18/h1-5H,12H2,(H,13,14,15). The van der Waals surface area contributed by atoms with E-state index in [1.165, 1.54) is 18.5 Å². The lowest BCUT2D eigenvalue weighted by Crippen LogP contribution is -2.01. The lowest BCUT2D eigenvalue weighted by Gasteiger charge is -2.08. The molecular weight excluding hydrogens is 258 g/mol. The van der Waals surface area contributed by atoms with Gasteiger partial charge in [0.2, 0.25) is 0 Å². The summed E-state index contributed by atoms with van der Waals surface area (Å²) in [5.41, 5.74) is 6.32. The number of anilines is 3. The third-order valence-electron chi connectivity index (χ3n) is 2.15. The molecule has 18 heavy (non-hydrogen) atoms. The largest absolute Gasteiger partial charge is 0.393 e. The van der Waals surface area contributed by atoms with Gasteiger partial charge in [-0.05, 0) is 6.07 Å². The molecule has 1 aromatic carbocycles. The zero-order valence-electron chi connectivity index (χ0n) is 9.00. The number of nitrogens with two attached hydrogens (primary N) is 1. The maximum absolute atomic E-state index is 10.6. The molecule has 2 rings (SSSR count). The third-order valence-corrected chi connectivity index (χ3v) is 2.46. The first-order valence-electron chi connectivity index (χ1n) is 4.85. The molecule has 7 nitrogen and oxygen atoms in total. The normalized spacial score (nSPS) is 10.1. The number of aromatic nitrogens is 2. The summed E-state index contributed by atoms with van der Waals surface area (Å²) in [6, 6.07) is 5.97. The number of hydrogen-bond donors (Lipinski definition) is 2. The molecule has 1 aromatic heterocycles. The maximum Gasteiger partial charge on any atom is 0.271 e. The fourth-order valence-electron chi connectivity index (χ4n) is 1.31. The van der Waals surface area contributed by atoms with Gasteiger partial charge in [0.15, 0.2) is 11.0 Å². The monoisotopic (exact) mass is 265 g/mol. The number of nitro benzene ring substituents is 1. The van der Waals surface area contributed by atoms with Crippen molar-refractivity contribution in [3.63, 3.8) is 0 Å². The molecule has 8 heteroatoms. The highest BCUT2D eigenvalue weighted by atomic mass is 35.5. The smallest absolute Gasteiger partial charge is 0.271 e. The number of benzene rings is 1. The number of nitrogen functional groups attached to an aromatic ring is 1. The molecule has 0 saturated carbocycles. The summed E-state index contributed by atoms with van der Waals surface area (Å²) in [5.74, 6) is 0.301. The molecule has 0 amide bonds. The molecule has 2 aromatic rings. The Balaban J connectivity index is 2.31. The molecule has 0 unspecified atom stereocenters. The summed E-state index contributed by atoms with van der Waals surface area (Å²) in [6.45, 7) is 0. The van der Waals surface area contributed by atoms with Crippen molar-refractivity contribution >= 4 is 34.5 Å². The first kappa shape index (κ1) is 12.1. The van der Waals surface area contributed by atoms with E-state index in [1.54, 1.807) is 12.1 Å². The molecule has 92 valence electrons. The Labute approximate surface area is 107 Å². The Morgan fingerprint density at radius 1 is 1.39 bits per heavy atom. The van der Waals surface area contributed by atoms with Crippen LogP contribution in [-0.2, 0) is 0 Å².